The van der Waals surface area contributed by atoms with Crippen LogP contribution in [0.4, 0.5) is 0 Å². The zero-order chi connectivity index (χ0) is 17.9. The van der Waals surface area contributed by atoms with E-state index in [0.29, 0.717) is 0 Å². The van der Waals surface area contributed by atoms with Crippen molar-refractivity contribution < 1.29 is 0 Å². The normalized spacial score (nSPS) is 16.2. The topological polar surface area (TPSA) is 32.3 Å². The first-order chi connectivity index (χ1) is 12.7. The summed E-state index contributed by atoms with van der Waals surface area (Å²) >= 11 is 0. The van der Waals surface area contributed by atoms with Crippen LogP contribution in [0.15, 0.2) is 48.8 Å². The third-order valence-electron chi connectivity index (χ3n) is 5.37. The van der Waals surface area contributed by atoms with E-state index < -0.39 is 0 Å². The maximum absolute atomic E-state index is 4.86. The van der Waals surface area contributed by atoms with Crippen LogP contribution in [0.25, 0.3) is 22.2 Å². The zero-order valence-electron chi connectivity index (χ0n) is 15.7. The molecule has 4 nitrogen and oxygen atoms in total. The maximum Gasteiger partial charge on any atom is 0.0713 e. The van der Waals surface area contributed by atoms with Gasteiger partial charge in [0.15, 0.2) is 0 Å². The van der Waals surface area contributed by atoms with Crippen LogP contribution in [0.1, 0.15) is 11.1 Å². The molecule has 134 valence electrons. The van der Waals surface area contributed by atoms with Crippen LogP contribution in [-0.4, -0.2) is 59.5 Å². The summed E-state index contributed by atoms with van der Waals surface area (Å²) in [7, 11) is 2.21. The van der Waals surface area contributed by atoms with Crippen molar-refractivity contribution in [1.82, 2.24) is 19.8 Å². The van der Waals surface area contributed by atoms with Crippen LogP contribution in [0, 0.1) is 6.92 Å². The molecule has 3 aromatic rings. The lowest BCUT2D eigenvalue weighted by Gasteiger charge is -2.32. The molecular weight excluding hydrogens is 320 g/mol. The molecule has 2 aromatic heterocycles. The first-order valence-corrected chi connectivity index (χ1v) is 9.40. The second-order valence-electron chi connectivity index (χ2n) is 7.31. The molecule has 1 aromatic carbocycles. The summed E-state index contributed by atoms with van der Waals surface area (Å²) in [5, 5.41) is 1.26. The molecule has 0 unspecified atom stereocenters. The summed E-state index contributed by atoms with van der Waals surface area (Å²) < 4.78 is 0. The van der Waals surface area contributed by atoms with Crippen molar-refractivity contribution in [3.05, 3.63) is 59.9 Å². The predicted octanol–water partition coefficient (Wildman–Crippen LogP) is 3.40. The van der Waals surface area contributed by atoms with Crippen molar-refractivity contribution in [2.75, 3.05) is 39.8 Å². The van der Waals surface area contributed by atoms with E-state index in [-0.39, 0.29) is 0 Å². The van der Waals surface area contributed by atoms with E-state index >= 15 is 0 Å². The van der Waals surface area contributed by atoms with Crippen molar-refractivity contribution in [2.24, 2.45) is 0 Å². The highest BCUT2D eigenvalue weighted by Crippen LogP contribution is 2.25. The van der Waals surface area contributed by atoms with Gasteiger partial charge >= 0.3 is 0 Å². The van der Waals surface area contributed by atoms with E-state index in [0.717, 1.165) is 29.7 Å². The van der Waals surface area contributed by atoms with Crippen molar-refractivity contribution in [3.63, 3.8) is 0 Å². The molecule has 1 fully saturated rings. The van der Waals surface area contributed by atoms with Gasteiger partial charge in [0.1, 0.15) is 0 Å². The quantitative estimate of drug-likeness (QED) is 0.725. The Labute approximate surface area is 155 Å². The molecule has 4 heteroatoms. The van der Waals surface area contributed by atoms with Crippen LogP contribution >= 0.6 is 0 Å². The Morgan fingerprint density at radius 1 is 0.962 bits per heavy atom. The number of fused-ring (bicyclic) bond motifs is 1. The number of hydrogen-bond acceptors (Lipinski definition) is 4. The summed E-state index contributed by atoms with van der Waals surface area (Å²) in [6.07, 6.45) is 4.74. The number of likely N-dealkylation sites (N-methyl/N-ethyl adjacent to an activating group) is 1. The van der Waals surface area contributed by atoms with Crippen molar-refractivity contribution in [2.45, 2.75) is 13.3 Å². The first-order valence-electron chi connectivity index (χ1n) is 9.40. The number of pyridine rings is 2. The second-order valence-corrected chi connectivity index (χ2v) is 7.31. The van der Waals surface area contributed by atoms with Gasteiger partial charge < -0.3 is 9.80 Å². The fraction of sp³-hybridized carbons (Fsp3) is 0.364. The third-order valence-corrected chi connectivity index (χ3v) is 5.37. The lowest BCUT2D eigenvalue weighted by atomic mass is 10.0. The molecule has 0 atom stereocenters. The Kier molecular flexibility index (Phi) is 4.96. The molecule has 0 spiro atoms. The van der Waals surface area contributed by atoms with Gasteiger partial charge in [-0.15, -0.1) is 0 Å². The Bertz CT molecular complexity index is 883. The molecule has 3 heterocycles. The number of aromatic nitrogens is 2. The van der Waals surface area contributed by atoms with Gasteiger partial charge in [-0.2, -0.15) is 0 Å². The number of nitrogens with zero attached hydrogens (tertiary/aromatic N) is 4. The standard InChI is InChI=1S/C22H26N4/c1-17-15-22(19-5-8-23-9-6-19)24-21-4-3-18(16-20(17)21)7-10-26-13-11-25(2)12-14-26/h3-6,8-9,15-16H,7,10-14H2,1-2H3. The molecule has 0 N–H and O–H groups in total. The molecule has 1 aliphatic heterocycles. The van der Waals surface area contributed by atoms with E-state index in [1.54, 1.807) is 0 Å². The summed E-state index contributed by atoms with van der Waals surface area (Å²) in [6.45, 7) is 8.04. The molecule has 1 saturated heterocycles. The smallest absolute Gasteiger partial charge is 0.0713 e. The minimum absolute atomic E-state index is 1.02. The zero-order valence-corrected chi connectivity index (χ0v) is 15.7. The van der Waals surface area contributed by atoms with E-state index in [9.17, 15) is 0 Å². The largest absolute Gasteiger partial charge is 0.304 e. The third kappa shape index (κ3) is 3.76. The summed E-state index contributed by atoms with van der Waals surface area (Å²) in [5.74, 6) is 0. The van der Waals surface area contributed by atoms with Gasteiger partial charge in [-0.05, 0) is 61.9 Å². The van der Waals surface area contributed by atoms with Crippen molar-refractivity contribution >= 4 is 10.9 Å². The number of hydrogen-bond donors (Lipinski definition) is 0. The minimum Gasteiger partial charge on any atom is -0.304 e. The highest BCUT2D eigenvalue weighted by Gasteiger charge is 2.13. The Hall–Kier alpha value is -2.30. The lowest BCUT2D eigenvalue weighted by molar-refractivity contribution is 0.155. The average molecular weight is 346 g/mol. The van der Waals surface area contributed by atoms with Gasteiger partial charge in [-0.1, -0.05) is 6.07 Å². The number of rotatable bonds is 4. The lowest BCUT2D eigenvalue weighted by Crippen LogP contribution is -2.45. The van der Waals surface area contributed by atoms with E-state index in [1.165, 1.54) is 42.7 Å². The van der Waals surface area contributed by atoms with Gasteiger partial charge in [0.05, 0.1) is 11.2 Å². The molecule has 1 aliphatic rings. The number of piperazine rings is 1. The van der Waals surface area contributed by atoms with Crippen LogP contribution in [0.3, 0.4) is 0 Å². The molecule has 0 amide bonds. The molecular formula is C22H26N4. The molecule has 4 rings (SSSR count). The average Bonchev–Trinajstić information content (AvgIpc) is 2.68. The highest BCUT2D eigenvalue weighted by molar-refractivity contribution is 5.85. The Morgan fingerprint density at radius 3 is 2.50 bits per heavy atom. The van der Waals surface area contributed by atoms with Gasteiger partial charge in [-0.3, -0.25) is 4.98 Å². The van der Waals surface area contributed by atoms with Crippen LogP contribution in [-0.2, 0) is 6.42 Å². The molecule has 0 saturated carbocycles. The summed E-state index contributed by atoms with van der Waals surface area (Å²) in [4.78, 5) is 13.9. The van der Waals surface area contributed by atoms with Crippen LogP contribution in [0.5, 0.6) is 0 Å². The minimum atomic E-state index is 1.02. The number of aryl methyl sites for hydroxylation is 1. The highest BCUT2D eigenvalue weighted by atomic mass is 15.2. The van der Waals surface area contributed by atoms with Gasteiger partial charge in [-0.25, -0.2) is 4.98 Å². The SMILES string of the molecule is Cc1cc(-c2ccncc2)nc2ccc(CCN3CCN(C)CC3)cc12. The van der Waals surface area contributed by atoms with Crippen LogP contribution in [0.2, 0.25) is 0 Å². The monoisotopic (exact) mass is 346 g/mol. The van der Waals surface area contributed by atoms with Gasteiger partial charge in [0.25, 0.3) is 0 Å². The molecule has 0 aliphatic carbocycles. The van der Waals surface area contributed by atoms with Gasteiger partial charge in [0, 0.05) is 56.1 Å². The van der Waals surface area contributed by atoms with Crippen LogP contribution < -0.4 is 0 Å². The summed E-state index contributed by atoms with van der Waals surface area (Å²) in [5.41, 5.74) is 5.88. The maximum atomic E-state index is 4.86. The first kappa shape index (κ1) is 17.1. The van der Waals surface area contributed by atoms with Gasteiger partial charge in [0.2, 0.25) is 0 Å². The Balaban J connectivity index is 1.53. The Morgan fingerprint density at radius 2 is 1.73 bits per heavy atom. The predicted molar refractivity (Wildman–Crippen MR) is 107 cm³/mol. The molecule has 26 heavy (non-hydrogen) atoms. The molecule has 0 radical (unpaired) electrons. The fourth-order valence-electron chi connectivity index (χ4n) is 3.63. The van der Waals surface area contributed by atoms with Crippen molar-refractivity contribution in [1.29, 1.82) is 0 Å². The van der Waals surface area contributed by atoms with Crippen molar-refractivity contribution in [3.8, 4) is 11.3 Å². The summed E-state index contributed by atoms with van der Waals surface area (Å²) in [6, 6.07) is 12.9. The van der Waals surface area contributed by atoms with E-state index in [1.807, 2.05) is 24.5 Å². The fourth-order valence-corrected chi connectivity index (χ4v) is 3.63. The second kappa shape index (κ2) is 7.52. The van der Waals surface area contributed by atoms with E-state index in [4.69, 9.17) is 4.98 Å². The number of benzene rings is 1. The van der Waals surface area contributed by atoms with E-state index in [2.05, 4.69) is 53.0 Å². The molecule has 0 bridgehead atoms.